The molecule has 6 heteroatoms. The molecule has 0 unspecified atom stereocenters. The standard InChI is InChI=1S/C33H35ClN2O3/c1-22-21-35-28-12-5-13-29(30(22)28)39-18-6-8-24-19-23-7-2-3-11-27(23)32(24)14-16-33(17-15-32,31(37)38)36-26-10-4-9-25(34)20-26/h2-5,7,9-13,20-21,24,35-36H,6,8,14-19H2,1H3,(H,37,38)/t24-,32?,33?/m0/s1. The molecule has 2 aliphatic carbocycles. The van der Waals surface area contributed by atoms with E-state index in [1.807, 2.05) is 24.4 Å². The Balaban J connectivity index is 1.18. The number of halogens is 1. The molecule has 0 bridgehead atoms. The van der Waals surface area contributed by atoms with Crippen LogP contribution in [0.5, 0.6) is 5.75 Å². The molecule has 1 fully saturated rings. The van der Waals surface area contributed by atoms with Crippen molar-refractivity contribution < 1.29 is 14.6 Å². The highest BCUT2D eigenvalue weighted by atomic mass is 35.5. The molecule has 0 amide bonds. The van der Waals surface area contributed by atoms with Crippen molar-refractivity contribution in [1.82, 2.24) is 4.98 Å². The minimum Gasteiger partial charge on any atom is -0.493 e. The largest absolute Gasteiger partial charge is 0.493 e. The van der Waals surface area contributed by atoms with Crippen molar-refractivity contribution in [3.8, 4) is 5.75 Å². The Kier molecular flexibility index (Phi) is 6.80. The van der Waals surface area contributed by atoms with Gasteiger partial charge in [0.15, 0.2) is 0 Å². The third-order valence-corrected chi connectivity index (χ3v) is 9.47. The Morgan fingerprint density at radius 2 is 1.87 bits per heavy atom. The Morgan fingerprint density at radius 3 is 2.67 bits per heavy atom. The summed E-state index contributed by atoms with van der Waals surface area (Å²) in [6.07, 6.45) is 7.93. The Bertz CT molecular complexity index is 1500. The molecule has 0 radical (unpaired) electrons. The highest BCUT2D eigenvalue weighted by molar-refractivity contribution is 6.30. The fourth-order valence-electron chi connectivity index (χ4n) is 7.23. The minimum atomic E-state index is -0.992. The van der Waals surface area contributed by atoms with Crippen molar-refractivity contribution in [2.75, 3.05) is 11.9 Å². The number of ether oxygens (including phenoxy) is 1. The predicted molar refractivity (Wildman–Crippen MR) is 157 cm³/mol. The van der Waals surface area contributed by atoms with Crippen molar-refractivity contribution in [3.05, 3.63) is 94.6 Å². The minimum absolute atomic E-state index is 0.00277. The average Bonchev–Trinajstić information content (AvgIpc) is 3.46. The quantitative estimate of drug-likeness (QED) is 0.198. The van der Waals surface area contributed by atoms with Gasteiger partial charge in [-0.05, 0) is 110 Å². The number of aliphatic carboxylic acids is 1. The summed E-state index contributed by atoms with van der Waals surface area (Å²) in [6.45, 7) is 2.77. The summed E-state index contributed by atoms with van der Waals surface area (Å²) in [6, 6.07) is 22.3. The van der Waals surface area contributed by atoms with E-state index in [1.54, 1.807) is 12.1 Å². The van der Waals surface area contributed by atoms with Crippen LogP contribution in [-0.2, 0) is 16.6 Å². The number of rotatable bonds is 8. The highest BCUT2D eigenvalue weighted by Gasteiger charge is 2.53. The van der Waals surface area contributed by atoms with Crippen molar-refractivity contribution in [1.29, 1.82) is 0 Å². The van der Waals surface area contributed by atoms with E-state index in [-0.39, 0.29) is 5.41 Å². The van der Waals surface area contributed by atoms with Gasteiger partial charge in [-0.2, -0.15) is 0 Å². The van der Waals surface area contributed by atoms with Crippen molar-refractivity contribution in [2.24, 2.45) is 5.92 Å². The topological polar surface area (TPSA) is 74.3 Å². The van der Waals surface area contributed by atoms with Crippen molar-refractivity contribution in [2.45, 2.75) is 62.8 Å². The van der Waals surface area contributed by atoms with E-state index < -0.39 is 11.5 Å². The first-order chi connectivity index (χ1) is 18.9. The van der Waals surface area contributed by atoms with Gasteiger partial charge in [0, 0.05) is 27.8 Å². The lowest BCUT2D eigenvalue weighted by molar-refractivity contribution is -0.144. The fourth-order valence-corrected chi connectivity index (χ4v) is 7.42. The zero-order valence-corrected chi connectivity index (χ0v) is 23.1. The molecule has 1 heterocycles. The summed E-state index contributed by atoms with van der Waals surface area (Å²) in [4.78, 5) is 15.9. The van der Waals surface area contributed by atoms with E-state index >= 15 is 0 Å². The van der Waals surface area contributed by atoms with Gasteiger partial charge < -0.3 is 20.1 Å². The number of carbonyl (C=O) groups is 1. The third-order valence-electron chi connectivity index (χ3n) is 9.23. The Morgan fingerprint density at radius 1 is 1.08 bits per heavy atom. The second-order valence-electron chi connectivity index (χ2n) is 11.4. The molecule has 1 aromatic heterocycles. The third kappa shape index (κ3) is 4.67. The van der Waals surface area contributed by atoms with Crippen LogP contribution < -0.4 is 10.1 Å². The van der Waals surface area contributed by atoms with Crippen LogP contribution in [0.15, 0.2) is 72.9 Å². The number of aryl methyl sites for hydroxylation is 1. The lowest BCUT2D eigenvalue weighted by atomic mass is 9.60. The number of nitrogens with one attached hydrogen (secondary N) is 2. The molecule has 0 aliphatic heterocycles. The van der Waals surface area contributed by atoms with Gasteiger partial charge in [0.25, 0.3) is 0 Å². The van der Waals surface area contributed by atoms with Gasteiger partial charge in [0.2, 0.25) is 0 Å². The number of fused-ring (bicyclic) bond motifs is 3. The van der Waals surface area contributed by atoms with E-state index in [2.05, 4.69) is 53.6 Å². The molecule has 5 nitrogen and oxygen atoms in total. The van der Waals surface area contributed by atoms with Crippen LogP contribution in [0.3, 0.4) is 0 Å². The Labute approximate surface area is 234 Å². The molecule has 3 N–H and O–H groups in total. The van der Waals surface area contributed by atoms with Gasteiger partial charge in [-0.25, -0.2) is 4.79 Å². The average molecular weight is 543 g/mol. The van der Waals surface area contributed by atoms with E-state index in [0.29, 0.717) is 30.4 Å². The molecule has 6 rings (SSSR count). The SMILES string of the molecule is Cc1c[nH]c2cccc(OCCC[C@H]3Cc4ccccc4C34CCC(Nc3cccc(Cl)c3)(C(=O)O)CC4)c12. The number of benzene rings is 3. The molecule has 1 saturated carbocycles. The van der Waals surface area contributed by atoms with Crippen LogP contribution in [0, 0.1) is 12.8 Å². The zero-order chi connectivity index (χ0) is 27.0. The van der Waals surface area contributed by atoms with Crippen LogP contribution in [0.1, 0.15) is 55.2 Å². The molecule has 0 saturated heterocycles. The second kappa shape index (κ2) is 10.3. The molecule has 202 valence electrons. The fraction of sp³-hybridized carbons (Fsp3) is 0.364. The maximum atomic E-state index is 12.6. The lowest BCUT2D eigenvalue weighted by Gasteiger charge is -2.47. The Hall–Kier alpha value is -3.44. The van der Waals surface area contributed by atoms with Crippen LogP contribution in [0.2, 0.25) is 5.02 Å². The van der Waals surface area contributed by atoms with Gasteiger partial charge in [-0.3, -0.25) is 0 Å². The number of carboxylic acids is 1. The number of aromatic amines is 1. The molecular weight excluding hydrogens is 508 g/mol. The molecule has 39 heavy (non-hydrogen) atoms. The summed E-state index contributed by atoms with van der Waals surface area (Å²) in [5.41, 5.74) is 4.91. The smallest absolute Gasteiger partial charge is 0.329 e. The van der Waals surface area contributed by atoms with Gasteiger partial charge in [0.05, 0.1) is 6.61 Å². The van der Waals surface area contributed by atoms with Crippen LogP contribution in [0.4, 0.5) is 5.69 Å². The van der Waals surface area contributed by atoms with Gasteiger partial charge in [0.1, 0.15) is 11.3 Å². The number of anilines is 1. The highest BCUT2D eigenvalue weighted by Crippen LogP contribution is 2.55. The summed E-state index contributed by atoms with van der Waals surface area (Å²) in [5.74, 6) is 0.621. The summed E-state index contributed by atoms with van der Waals surface area (Å²) in [7, 11) is 0. The normalized spacial score (nSPS) is 24.1. The van der Waals surface area contributed by atoms with E-state index in [9.17, 15) is 9.90 Å². The van der Waals surface area contributed by atoms with Crippen LogP contribution in [0.25, 0.3) is 10.9 Å². The molecule has 2 aliphatic rings. The lowest BCUT2D eigenvalue weighted by Crippen LogP contribution is -2.53. The maximum Gasteiger partial charge on any atom is 0.329 e. The van der Waals surface area contributed by atoms with Gasteiger partial charge in [-0.1, -0.05) is 48.0 Å². The van der Waals surface area contributed by atoms with Crippen molar-refractivity contribution in [3.63, 3.8) is 0 Å². The van der Waals surface area contributed by atoms with Crippen molar-refractivity contribution >= 4 is 34.2 Å². The predicted octanol–water partition coefficient (Wildman–Crippen LogP) is 7.91. The first-order valence-electron chi connectivity index (χ1n) is 14.0. The number of aromatic nitrogens is 1. The summed E-state index contributed by atoms with van der Waals surface area (Å²) >= 11 is 6.19. The number of carboxylic acid groups (broad SMARTS) is 1. The van der Waals surface area contributed by atoms with E-state index in [0.717, 1.165) is 54.4 Å². The molecular formula is C33H35ClN2O3. The molecule has 1 atom stereocenters. The van der Waals surface area contributed by atoms with Crippen LogP contribution in [-0.4, -0.2) is 28.2 Å². The first kappa shape index (κ1) is 25.8. The maximum absolute atomic E-state index is 12.6. The zero-order valence-electron chi connectivity index (χ0n) is 22.3. The number of H-pyrrole nitrogens is 1. The second-order valence-corrected chi connectivity index (χ2v) is 11.8. The molecule has 4 aromatic rings. The molecule has 1 spiro atoms. The number of hydrogen-bond donors (Lipinski definition) is 3. The van der Waals surface area contributed by atoms with Crippen LogP contribution >= 0.6 is 11.6 Å². The first-order valence-corrected chi connectivity index (χ1v) is 14.3. The molecule has 3 aromatic carbocycles. The van der Waals surface area contributed by atoms with E-state index in [1.165, 1.54) is 16.7 Å². The van der Waals surface area contributed by atoms with Gasteiger partial charge in [-0.15, -0.1) is 0 Å². The summed E-state index contributed by atoms with van der Waals surface area (Å²) < 4.78 is 6.29. The summed E-state index contributed by atoms with van der Waals surface area (Å²) in [5, 5.41) is 15.5. The monoisotopic (exact) mass is 542 g/mol. The van der Waals surface area contributed by atoms with E-state index in [4.69, 9.17) is 16.3 Å². The number of hydrogen-bond acceptors (Lipinski definition) is 3. The van der Waals surface area contributed by atoms with Gasteiger partial charge >= 0.3 is 5.97 Å².